The minimum Gasteiger partial charge on any atom is -0.388 e. The summed E-state index contributed by atoms with van der Waals surface area (Å²) in [6.07, 6.45) is 4.51. The molecule has 0 saturated carbocycles. The molecule has 0 fully saturated rings. The second-order valence-electron chi connectivity index (χ2n) is 3.11. The number of hydrogen-bond acceptors (Lipinski definition) is 5. The molecule has 0 aromatic carbocycles. The van der Waals surface area contributed by atoms with Crippen molar-refractivity contribution >= 4 is 11.3 Å². The van der Waals surface area contributed by atoms with Crippen LogP contribution in [0.4, 0.5) is 0 Å². The van der Waals surface area contributed by atoms with Crippen LogP contribution >= 0.6 is 11.3 Å². The van der Waals surface area contributed by atoms with Gasteiger partial charge in [0.15, 0.2) is 5.82 Å². The highest BCUT2D eigenvalue weighted by Crippen LogP contribution is 2.14. The molecule has 0 unspecified atom stereocenters. The van der Waals surface area contributed by atoms with Crippen molar-refractivity contribution in [3.63, 3.8) is 0 Å². The molecule has 2 rings (SSSR count). The lowest BCUT2D eigenvalue weighted by molar-refractivity contribution is 0.265. The van der Waals surface area contributed by atoms with Gasteiger partial charge in [0.25, 0.3) is 0 Å². The van der Waals surface area contributed by atoms with Crippen LogP contribution in [0.5, 0.6) is 0 Å². The van der Waals surface area contributed by atoms with E-state index in [9.17, 15) is 0 Å². The Morgan fingerprint density at radius 2 is 2.40 bits per heavy atom. The number of hydrogen-bond donors (Lipinski definition) is 1. The molecule has 0 bridgehead atoms. The molecule has 80 valence electrons. The molecule has 6 heteroatoms. The summed E-state index contributed by atoms with van der Waals surface area (Å²) in [7, 11) is 0. The zero-order chi connectivity index (χ0) is 10.7. The van der Waals surface area contributed by atoms with Gasteiger partial charge in [-0.25, -0.2) is 4.98 Å². The third-order valence-corrected chi connectivity index (χ3v) is 3.22. The molecule has 2 heterocycles. The van der Waals surface area contributed by atoms with Gasteiger partial charge in [-0.1, -0.05) is 6.92 Å². The normalized spacial score (nSPS) is 10.8. The predicted octanol–water partition coefficient (Wildman–Crippen LogP) is 0.838. The molecule has 0 aliphatic carbocycles. The fraction of sp³-hybridized carbons (Fsp3) is 0.444. The first-order valence-corrected chi connectivity index (χ1v) is 5.56. The monoisotopic (exact) mass is 224 g/mol. The van der Waals surface area contributed by atoms with E-state index in [4.69, 9.17) is 5.11 Å². The first-order chi connectivity index (χ1) is 7.33. The van der Waals surface area contributed by atoms with Gasteiger partial charge in [-0.2, -0.15) is 0 Å². The lowest BCUT2D eigenvalue weighted by Crippen LogP contribution is -2.03. The number of nitrogens with zero attached hydrogens (tertiary/aromatic N) is 4. The summed E-state index contributed by atoms with van der Waals surface area (Å²) in [6.45, 7) is 2.65. The Labute approximate surface area is 91.4 Å². The fourth-order valence-corrected chi connectivity index (χ4v) is 2.13. The summed E-state index contributed by atoms with van der Waals surface area (Å²) in [6, 6.07) is 0. The molecule has 1 N–H and O–H groups in total. The van der Waals surface area contributed by atoms with E-state index >= 15 is 0 Å². The van der Waals surface area contributed by atoms with Crippen molar-refractivity contribution in [3.8, 4) is 0 Å². The van der Waals surface area contributed by atoms with E-state index in [0.717, 1.165) is 11.4 Å². The van der Waals surface area contributed by atoms with Gasteiger partial charge in [-0.15, -0.1) is 21.5 Å². The van der Waals surface area contributed by atoms with Crippen LogP contribution in [0, 0.1) is 0 Å². The SMILES string of the molecule is CCc1cnc(Cn2cnnc2CO)s1. The molecule has 0 saturated heterocycles. The molecule has 2 aromatic rings. The fourth-order valence-electron chi connectivity index (χ4n) is 1.26. The van der Waals surface area contributed by atoms with Gasteiger partial charge in [-0.3, -0.25) is 0 Å². The van der Waals surface area contributed by atoms with Crippen LogP contribution < -0.4 is 0 Å². The maximum atomic E-state index is 9.00. The van der Waals surface area contributed by atoms with Gasteiger partial charge >= 0.3 is 0 Å². The minimum atomic E-state index is -0.0913. The Bertz CT molecular complexity index is 437. The number of aromatic nitrogens is 4. The average molecular weight is 224 g/mol. The maximum absolute atomic E-state index is 9.00. The molecule has 15 heavy (non-hydrogen) atoms. The molecule has 5 nitrogen and oxygen atoms in total. The van der Waals surface area contributed by atoms with Crippen LogP contribution in [0.2, 0.25) is 0 Å². The van der Waals surface area contributed by atoms with Crippen LogP contribution in [-0.4, -0.2) is 24.9 Å². The summed E-state index contributed by atoms with van der Waals surface area (Å²) >= 11 is 1.68. The minimum absolute atomic E-state index is 0.0913. The zero-order valence-corrected chi connectivity index (χ0v) is 9.24. The number of aryl methyl sites for hydroxylation is 1. The van der Waals surface area contributed by atoms with Gasteiger partial charge in [0.2, 0.25) is 0 Å². The molecule has 0 amide bonds. The summed E-state index contributed by atoms with van der Waals surface area (Å²) in [5.41, 5.74) is 0. The van der Waals surface area contributed by atoms with Gasteiger partial charge < -0.3 is 9.67 Å². The Kier molecular flexibility index (Phi) is 3.08. The van der Waals surface area contributed by atoms with Crippen LogP contribution in [0.25, 0.3) is 0 Å². The molecule has 0 aliphatic rings. The van der Waals surface area contributed by atoms with Gasteiger partial charge in [0.1, 0.15) is 17.9 Å². The maximum Gasteiger partial charge on any atom is 0.158 e. The van der Waals surface area contributed by atoms with E-state index in [1.807, 2.05) is 6.20 Å². The highest BCUT2D eigenvalue weighted by molar-refractivity contribution is 7.11. The molecule has 2 aromatic heterocycles. The van der Waals surface area contributed by atoms with E-state index in [0.29, 0.717) is 12.4 Å². The van der Waals surface area contributed by atoms with Gasteiger partial charge in [0, 0.05) is 11.1 Å². The quantitative estimate of drug-likeness (QED) is 0.835. The third-order valence-electron chi connectivity index (χ3n) is 2.09. The Morgan fingerprint density at radius 3 is 3.07 bits per heavy atom. The molecule has 0 spiro atoms. The van der Waals surface area contributed by atoms with Gasteiger partial charge in [0.05, 0.1) is 6.54 Å². The topological polar surface area (TPSA) is 63.8 Å². The molecule has 0 atom stereocenters. The van der Waals surface area contributed by atoms with E-state index in [-0.39, 0.29) is 6.61 Å². The van der Waals surface area contributed by atoms with Crippen LogP contribution in [0.1, 0.15) is 22.6 Å². The van der Waals surface area contributed by atoms with E-state index < -0.39 is 0 Å². The molecular weight excluding hydrogens is 212 g/mol. The molecular formula is C9H12N4OS. The third kappa shape index (κ3) is 2.21. The van der Waals surface area contributed by atoms with Crippen molar-refractivity contribution in [2.45, 2.75) is 26.5 Å². The number of aliphatic hydroxyl groups excluding tert-OH is 1. The zero-order valence-electron chi connectivity index (χ0n) is 8.42. The van der Waals surface area contributed by atoms with Crippen LogP contribution in [0.3, 0.4) is 0 Å². The second kappa shape index (κ2) is 4.50. The van der Waals surface area contributed by atoms with Gasteiger partial charge in [-0.05, 0) is 6.42 Å². The predicted molar refractivity (Wildman–Crippen MR) is 56.5 cm³/mol. The molecule has 0 aliphatic heterocycles. The summed E-state index contributed by atoms with van der Waals surface area (Å²) in [5, 5.41) is 17.6. The number of thiazole rings is 1. The summed E-state index contributed by atoms with van der Waals surface area (Å²) in [4.78, 5) is 5.57. The van der Waals surface area contributed by atoms with Crippen LogP contribution in [0.15, 0.2) is 12.5 Å². The first-order valence-electron chi connectivity index (χ1n) is 4.74. The van der Waals surface area contributed by atoms with Crippen molar-refractivity contribution < 1.29 is 5.11 Å². The number of aliphatic hydroxyl groups is 1. The highest BCUT2D eigenvalue weighted by atomic mass is 32.1. The van der Waals surface area contributed by atoms with Crippen molar-refractivity contribution in [2.75, 3.05) is 0 Å². The van der Waals surface area contributed by atoms with E-state index in [1.54, 1.807) is 22.2 Å². The highest BCUT2D eigenvalue weighted by Gasteiger charge is 2.06. The van der Waals surface area contributed by atoms with E-state index in [2.05, 4.69) is 22.1 Å². The van der Waals surface area contributed by atoms with Crippen molar-refractivity contribution in [1.29, 1.82) is 0 Å². The van der Waals surface area contributed by atoms with E-state index in [1.165, 1.54) is 4.88 Å². The molecule has 0 radical (unpaired) electrons. The Balaban J connectivity index is 2.14. The van der Waals surface area contributed by atoms with Crippen molar-refractivity contribution in [3.05, 3.63) is 28.2 Å². The summed E-state index contributed by atoms with van der Waals surface area (Å²) in [5.74, 6) is 0.572. The van der Waals surface area contributed by atoms with Crippen molar-refractivity contribution in [1.82, 2.24) is 19.7 Å². The van der Waals surface area contributed by atoms with Crippen LogP contribution in [-0.2, 0) is 19.6 Å². The standard InChI is InChI=1S/C9H12N4OS/c1-2-7-3-10-9(15-7)4-13-6-11-12-8(13)5-14/h3,6,14H,2,4-5H2,1H3. The first kappa shape index (κ1) is 10.3. The largest absolute Gasteiger partial charge is 0.388 e. The Morgan fingerprint density at radius 1 is 1.53 bits per heavy atom. The average Bonchev–Trinajstić information content (AvgIpc) is 2.87. The Hall–Kier alpha value is -1.27. The number of rotatable bonds is 4. The second-order valence-corrected chi connectivity index (χ2v) is 4.31. The summed E-state index contributed by atoms with van der Waals surface area (Å²) < 4.78 is 1.80. The lowest BCUT2D eigenvalue weighted by atomic mass is 10.4. The van der Waals surface area contributed by atoms with Crippen molar-refractivity contribution in [2.24, 2.45) is 0 Å². The lowest BCUT2D eigenvalue weighted by Gasteiger charge is -2.00. The smallest absolute Gasteiger partial charge is 0.158 e.